The molecule has 1 aromatic carbocycles. The van der Waals surface area contributed by atoms with E-state index in [0.717, 1.165) is 15.4 Å². The Morgan fingerprint density at radius 1 is 1.21 bits per heavy atom. The minimum Gasteiger partial charge on any atom is -0.508 e. The van der Waals surface area contributed by atoms with Gasteiger partial charge in [0.25, 0.3) is 0 Å². The van der Waals surface area contributed by atoms with Gasteiger partial charge < -0.3 is 5.11 Å². The van der Waals surface area contributed by atoms with E-state index in [9.17, 15) is 5.11 Å². The molecule has 2 nitrogen and oxygen atoms in total. The van der Waals surface area contributed by atoms with Gasteiger partial charge in [-0.05, 0) is 40.2 Å². The number of hydrogen-bond donors (Lipinski definition) is 1. The van der Waals surface area contributed by atoms with E-state index >= 15 is 0 Å². The minimum atomic E-state index is 0.266. The van der Waals surface area contributed by atoms with Gasteiger partial charge in [-0.3, -0.25) is 4.98 Å². The van der Waals surface area contributed by atoms with Crippen molar-refractivity contribution in [3.8, 4) is 5.75 Å². The van der Waals surface area contributed by atoms with Gasteiger partial charge in [0.05, 0.1) is 5.52 Å². The molecular weight excluding hydrogens is 242 g/mol. The zero-order valence-corrected chi connectivity index (χ0v) is 9.75. The molecule has 2 aromatic rings. The second kappa shape index (κ2) is 4.96. The molecule has 0 aliphatic rings. The van der Waals surface area contributed by atoms with E-state index < -0.39 is 0 Å². The van der Waals surface area contributed by atoms with Crippen LogP contribution in [0.4, 0.5) is 0 Å². The summed E-state index contributed by atoms with van der Waals surface area (Å²) in [5, 5.41) is 10.1. The molecular formula is C11H12BrNO. The lowest BCUT2D eigenvalue weighted by atomic mass is 10.2. The lowest BCUT2D eigenvalue weighted by Gasteiger charge is -1.97. The Labute approximate surface area is 91.7 Å². The largest absolute Gasteiger partial charge is 0.508 e. The number of benzene rings is 1. The smallest absolute Gasteiger partial charge is 0.116 e. The van der Waals surface area contributed by atoms with Gasteiger partial charge in [0, 0.05) is 16.1 Å². The van der Waals surface area contributed by atoms with Crippen molar-refractivity contribution in [2.24, 2.45) is 0 Å². The third-order valence-electron chi connectivity index (χ3n) is 1.63. The summed E-state index contributed by atoms with van der Waals surface area (Å²) in [5.74, 6) is 0.266. The SMILES string of the molecule is CC.Oc1ccc2ncc(Br)cc2c1. The number of halogens is 1. The van der Waals surface area contributed by atoms with E-state index in [2.05, 4.69) is 20.9 Å². The standard InChI is InChI=1S/C9H6BrNO.C2H6/c10-7-3-6-4-8(12)1-2-9(6)11-5-7;1-2/h1-5,12H;1-2H3. The van der Waals surface area contributed by atoms with Crippen LogP contribution in [-0.4, -0.2) is 10.1 Å². The van der Waals surface area contributed by atoms with Crippen molar-refractivity contribution in [1.29, 1.82) is 0 Å². The molecule has 0 bridgehead atoms. The number of aromatic nitrogens is 1. The number of fused-ring (bicyclic) bond motifs is 1. The highest BCUT2D eigenvalue weighted by Crippen LogP contribution is 2.20. The predicted molar refractivity (Wildman–Crippen MR) is 62.5 cm³/mol. The summed E-state index contributed by atoms with van der Waals surface area (Å²) >= 11 is 3.31. The zero-order chi connectivity index (χ0) is 10.6. The number of aromatic hydroxyl groups is 1. The van der Waals surface area contributed by atoms with Crippen molar-refractivity contribution in [3.63, 3.8) is 0 Å². The van der Waals surface area contributed by atoms with Crippen LogP contribution in [0.3, 0.4) is 0 Å². The maximum atomic E-state index is 9.18. The monoisotopic (exact) mass is 253 g/mol. The highest BCUT2D eigenvalue weighted by Gasteiger charge is 1.96. The fraction of sp³-hybridized carbons (Fsp3) is 0.182. The van der Waals surface area contributed by atoms with Crippen LogP contribution in [-0.2, 0) is 0 Å². The molecule has 0 aliphatic heterocycles. The van der Waals surface area contributed by atoms with Gasteiger partial charge in [-0.2, -0.15) is 0 Å². The van der Waals surface area contributed by atoms with Gasteiger partial charge in [0.2, 0.25) is 0 Å². The quantitative estimate of drug-likeness (QED) is 0.777. The Morgan fingerprint density at radius 2 is 1.93 bits per heavy atom. The van der Waals surface area contributed by atoms with Crippen molar-refractivity contribution in [3.05, 3.63) is 34.9 Å². The number of pyridine rings is 1. The fourth-order valence-electron chi connectivity index (χ4n) is 1.09. The first kappa shape index (κ1) is 11.0. The number of phenolic OH excluding ortho intramolecular Hbond substituents is 1. The molecule has 1 heterocycles. The van der Waals surface area contributed by atoms with Crippen LogP contribution in [0.2, 0.25) is 0 Å². The molecule has 0 unspecified atom stereocenters. The molecule has 3 heteroatoms. The third kappa shape index (κ3) is 2.45. The summed E-state index contributed by atoms with van der Waals surface area (Å²) in [6.07, 6.45) is 1.74. The highest BCUT2D eigenvalue weighted by atomic mass is 79.9. The average molecular weight is 254 g/mol. The van der Waals surface area contributed by atoms with E-state index in [-0.39, 0.29) is 5.75 Å². The molecule has 14 heavy (non-hydrogen) atoms. The molecule has 0 saturated carbocycles. The molecule has 0 amide bonds. The van der Waals surface area contributed by atoms with Crippen molar-refractivity contribution < 1.29 is 5.11 Å². The van der Waals surface area contributed by atoms with Crippen LogP contribution in [0.5, 0.6) is 5.75 Å². The molecule has 1 aromatic heterocycles. The summed E-state index contributed by atoms with van der Waals surface area (Å²) in [6.45, 7) is 4.00. The topological polar surface area (TPSA) is 33.1 Å². The van der Waals surface area contributed by atoms with E-state index in [4.69, 9.17) is 0 Å². The van der Waals surface area contributed by atoms with Crippen LogP contribution in [0.25, 0.3) is 10.9 Å². The Kier molecular flexibility index (Phi) is 3.89. The van der Waals surface area contributed by atoms with Crippen LogP contribution in [0, 0.1) is 0 Å². The number of hydrogen-bond acceptors (Lipinski definition) is 2. The number of rotatable bonds is 0. The van der Waals surface area contributed by atoms with Crippen LogP contribution >= 0.6 is 15.9 Å². The van der Waals surface area contributed by atoms with Crippen LogP contribution in [0.15, 0.2) is 34.9 Å². The maximum Gasteiger partial charge on any atom is 0.116 e. The minimum absolute atomic E-state index is 0.266. The molecule has 0 radical (unpaired) electrons. The second-order valence-electron chi connectivity index (χ2n) is 2.53. The maximum absolute atomic E-state index is 9.18. The predicted octanol–water partition coefficient (Wildman–Crippen LogP) is 3.73. The summed E-state index contributed by atoms with van der Waals surface area (Å²) in [6, 6.07) is 7.02. The van der Waals surface area contributed by atoms with Crippen molar-refractivity contribution in [2.75, 3.05) is 0 Å². The molecule has 74 valence electrons. The summed E-state index contributed by atoms with van der Waals surface area (Å²) in [7, 11) is 0. The van der Waals surface area contributed by atoms with E-state index in [1.807, 2.05) is 19.9 Å². The lowest BCUT2D eigenvalue weighted by molar-refractivity contribution is 0.476. The van der Waals surface area contributed by atoms with Crippen LogP contribution in [0.1, 0.15) is 13.8 Å². The molecule has 0 saturated heterocycles. The number of phenols is 1. The van der Waals surface area contributed by atoms with Gasteiger partial charge in [-0.15, -0.1) is 0 Å². The van der Waals surface area contributed by atoms with E-state index in [1.54, 1.807) is 24.4 Å². The van der Waals surface area contributed by atoms with E-state index in [0.29, 0.717) is 0 Å². The van der Waals surface area contributed by atoms with E-state index in [1.165, 1.54) is 0 Å². The molecule has 0 spiro atoms. The van der Waals surface area contributed by atoms with Gasteiger partial charge in [-0.1, -0.05) is 13.8 Å². The van der Waals surface area contributed by atoms with Crippen LogP contribution < -0.4 is 0 Å². The Hall–Kier alpha value is -1.09. The molecule has 0 fully saturated rings. The molecule has 1 N–H and O–H groups in total. The van der Waals surface area contributed by atoms with Crippen molar-refractivity contribution in [1.82, 2.24) is 4.98 Å². The Morgan fingerprint density at radius 3 is 2.64 bits per heavy atom. The number of nitrogens with zero attached hydrogens (tertiary/aromatic N) is 1. The van der Waals surface area contributed by atoms with Gasteiger partial charge >= 0.3 is 0 Å². The molecule has 2 rings (SSSR count). The van der Waals surface area contributed by atoms with Crippen molar-refractivity contribution >= 4 is 26.8 Å². The Bertz CT molecular complexity index is 392. The first-order chi connectivity index (χ1) is 6.75. The highest BCUT2D eigenvalue weighted by molar-refractivity contribution is 9.10. The summed E-state index contributed by atoms with van der Waals surface area (Å²) in [4.78, 5) is 4.16. The second-order valence-corrected chi connectivity index (χ2v) is 3.45. The summed E-state index contributed by atoms with van der Waals surface area (Å²) in [5.41, 5.74) is 0.885. The Balaban J connectivity index is 0.000000461. The molecule has 0 aliphatic carbocycles. The average Bonchev–Trinajstić information content (AvgIpc) is 2.20. The summed E-state index contributed by atoms with van der Waals surface area (Å²) < 4.78 is 0.917. The van der Waals surface area contributed by atoms with Gasteiger partial charge in [0.1, 0.15) is 5.75 Å². The molecule has 0 atom stereocenters. The van der Waals surface area contributed by atoms with Gasteiger partial charge in [0.15, 0.2) is 0 Å². The van der Waals surface area contributed by atoms with Gasteiger partial charge in [-0.25, -0.2) is 0 Å². The lowest BCUT2D eigenvalue weighted by Crippen LogP contribution is -1.77. The third-order valence-corrected chi connectivity index (χ3v) is 2.07. The first-order valence-electron chi connectivity index (χ1n) is 4.50. The fourth-order valence-corrected chi connectivity index (χ4v) is 1.44. The van der Waals surface area contributed by atoms with Crippen molar-refractivity contribution in [2.45, 2.75) is 13.8 Å². The zero-order valence-electron chi connectivity index (χ0n) is 8.16. The normalized spacial score (nSPS) is 9.36. The first-order valence-corrected chi connectivity index (χ1v) is 5.29.